The predicted molar refractivity (Wildman–Crippen MR) is 43.0 cm³/mol. The lowest BCUT2D eigenvalue weighted by molar-refractivity contribution is 0.142. The first-order valence-corrected chi connectivity index (χ1v) is 4.49. The summed E-state index contributed by atoms with van der Waals surface area (Å²) in [6.45, 7) is 2.40. The Morgan fingerprint density at radius 3 is 2.10 bits per heavy atom. The molecule has 2 saturated heterocycles. The molecule has 0 amide bonds. The van der Waals surface area contributed by atoms with E-state index in [0.29, 0.717) is 0 Å². The summed E-state index contributed by atoms with van der Waals surface area (Å²) in [5.74, 6) is 0.994. The molecule has 2 heterocycles. The van der Waals surface area contributed by atoms with E-state index in [1.165, 1.54) is 25.7 Å². The maximum atomic E-state index is 2.60. The Labute approximate surface area is 63.4 Å². The molecule has 2 fully saturated rings. The van der Waals surface area contributed by atoms with Crippen molar-refractivity contribution in [3.63, 3.8) is 0 Å². The zero-order chi connectivity index (χ0) is 7.14. The summed E-state index contributed by atoms with van der Waals surface area (Å²) >= 11 is 0. The van der Waals surface area contributed by atoms with Crippen molar-refractivity contribution in [1.29, 1.82) is 0 Å². The van der Waals surface area contributed by atoms with Gasteiger partial charge in [0, 0.05) is 12.1 Å². The standard InChI is InChI=1S/C9H17N/c1-7-5-8-3-4-9(6-7)10(8)2/h7-9H,3-6H2,1-2H3. The second-order valence-electron chi connectivity index (χ2n) is 4.13. The third kappa shape index (κ3) is 0.878. The molecule has 2 rings (SSSR count). The van der Waals surface area contributed by atoms with Gasteiger partial charge in [-0.2, -0.15) is 0 Å². The van der Waals surface area contributed by atoms with Gasteiger partial charge in [-0.25, -0.2) is 0 Å². The monoisotopic (exact) mass is 139 g/mol. The Bertz CT molecular complexity index is 119. The molecule has 10 heavy (non-hydrogen) atoms. The minimum absolute atomic E-state index is 0.939. The van der Waals surface area contributed by atoms with Gasteiger partial charge in [-0.3, -0.25) is 0 Å². The van der Waals surface area contributed by atoms with E-state index in [1.54, 1.807) is 0 Å². The van der Waals surface area contributed by atoms with Crippen molar-refractivity contribution in [2.24, 2.45) is 5.92 Å². The van der Waals surface area contributed by atoms with E-state index < -0.39 is 0 Å². The summed E-state index contributed by atoms with van der Waals surface area (Å²) in [7, 11) is 2.30. The molecule has 0 aromatic heterocycles. The predicted octanol–water partition coefficient (Wildman–Crippen LogP) is 1.88. The van der Waals surface area contributed by atoms with Crippen LogP contribution in [0.15, 0.2) is 0 Å². The highest BCUT2D eigenvalue weighted by Gasteiger charge is 2.36. The van der Waals surface area contributed by atoms with Gasteiger partial charge in [-0.1, -0.05) is 6.92 Å². The molecule has 0 aliphatic carbocycles. The van der Waals surface area contributed by atoms with Crippen LogP contribution < -0.4 is 0 Å². The molecule has 2 bridgehead atoms. The van der Waals surface area contributed by atoms with Crippen molar-refractivity contribution in [2.75, 3.05) is 7.05 Å². The van der Waals surface area contributed by atoms with Crippen LogP contribution in [0.3, 0.4) is 0 Å². The van der Waals surface area contributed by atoms with Crippen LogP contribution in [0.25, 0.3) is 0 Å². The molecule has 1 nitrogen and oxygen atoms in total. The number of hydrogen-bond acceptors (Lipinski definition) is 1. The van der Waals surface area contributed by atoms with E-state index in [9.17, 15) is 0 Å². The Morgan fingerprint density at radius 2 is 1.60 bits per heavy atom. The quantitative estimate of drug-likeness (QED) is 0.495. The topological polar surface area (TPSA) is 3.24 Å². The van der Waals surface area contributed by atoms with Crippen LogP contribution in [0.4, 0.5) is 0 Å². The second kappa shape index (κ2) is 2.23. The van der Waals surface area contributed by atoms with Gasteiger partial charge in [0.05, 0.1) is 0 Å². The Morgan fingerprint density at radius 1 is 1.10 bits per heavy atom. The Kier molecular flexibility index (Phi) is 1.48. The Balaban J connectivity index is 2.09. The van der Waals surface area contributed by atoms with Crippen LogP contribution in [0, 0.1) is 5.92 Å². The van der Waals surface area contributed by atoms with Crippen molar-refractivity contribution in [1.82, 2.24) is 4.90 Å². The third-order valence-electron chi connectivity index (χ3n) is 3.33. The largest absolute Gasteiger partial charge is 0.300 e. The van der Waals surface area contributed by atoms with Gasteiger partial charge in [0.15, 0.2) is 0 Å². The first-order valence-electron chi connectivity index (χ1n) is 4.49. The highest BCUT2D eigenvalue weighted by molar-refractivity contribution is 4.91. The van der Waals surface area contributed by atoms with Gasteiger partial charge >= 0.3 is 0 Å². The molecule has 0 N–H and O–H groups in total. The number of nitrogens with zero attached hydrogens (tertiary/aromatic N) is 1. The fourth-order valence-electron chi connectivity index (χ4n) is 2.68. The van der Waals surface area contributed by atoms with E-state index in [2.05, 4.69) is 18.9 Å². The van der Waals surface area contributed by atoms with Crippen LogP contribution in [0.5, 0.6) is 0 Å². The molecule has 1 heteroatoms. The van der Waals surface area contributed by atoms with Gasteiger partial charge in [0.1, 0.15) is 0 Å². The second-order valence-corrected chi connectivity index (χ2v) is 4.13. The van der Waals surface area contributed by atoms with Gasteiger partial charge in [0.2, 0.25) is 0 Å². The molecule has 0 spiro atoms. The molecule has 2 atom stereocenters. The van der Waals surface area contributed by atoms with Crippen LogP contribution in [0.1, 0.15) is 32.6 Å². The highest BCUT2D eigenvalue weighted by atomic mass is 15.2. The van der Waals surface area contributed by atoms with E-state index in [0.717, 1.165) is 18.0 Å². The normalized spacial score (nSPS) is 48.0. The summed E-state index contributed by atoms with van der Waals surface area (Å²) in [6.07, 6.45) is 5.83. The number of fused-ring (bicyclic) bond motifs is 2. The molecule has 0 aromatic rings. The number of piperidine rings is 1. The molecule has 2 aliphatic heterocycles. The maximum Gasteiger partial charge on any atom is 0.00982 e. The number of rotatable bonds is 0. The first-order chi connectivity index (χ1) is 4.77. The molecular weight excluding hydrogens is 122 g/mol. The average Bonchev–Trinajstić information content (AvgIpc) is 2.20. The van der Waals surface area contributed by atoms with Crippen molar-refractivity contribution >= 4 is 0 Å². The van der Waals surface area contributed by atoms with Crippen LogP contribution in [-0.2, 0) is 0 Å². The lowest BCUT2D eigenvalue weighted by atomic mass is 9.93. The van der Waals surface area contributed by atoms with Gasteiger partial charge in [-0.15, -0.1) is 0 Å². The lowest BCUT2D eigenvalue weighted by Gasteiger charge is -2.34. The first kappa shape index (κ1) is 6.66. The van der Waals surface area contributed by atoms with E-state index in [1.807, 2.05) is 0 Å². The van der Waals surface area contributed by atoms with Crippen LogP contribution in [-0.4, -0.2) is 24.0 Å². The van der Waals surface area contributed by atoms with E-state index in [4.69, 9.17) is 0 Å². The van der Waals surface area contributed by atoms with Crippen LogP contribution in [0.2, 0.25) is 0 Å². The Hall–Kier alpha value is -0.0400. The number of hydrogen-bond donors (Lipinski definition) is 0. The van der Waals surface area contributed by atoms with E-state index >= 15 is 0 Å². The summed E-state index contributed by atoms with van der Waals surface area (Å²) in [5, 5.41) is 0. The molecular formula is C9H17N. The fraction of sp³-hybridized carbons (Fsp3) is 1.00. The SMILES string of the molecule is CC1CC2CCC(C1)N2C. The smallest absolute Gasteiger partial charge is 0.00982 e. The van der Waals surface area contributed by atoms with Gasteiger partial charge < -0.3 is 4.90 Å². The average molecular weight is 139 g/mol. The summed E-state index contributed by atoms with van der Waals surface area (Å²) < 4.78 is 0. The minimum Gasteiger partial charge on any atom is -0.300 e. The van der Waals surface area contributed by atoms with Crippen LogP contribution >= 0.6 is 0 Å². The summed E-state index contributed by atoms with van der Waals surface area (Å²) in [6, 6.07) is 1.88. The maximum absolute atomic E-state index is 2.60. The molecule has 2 aliphatic rings. The third-order valence-corrected chi connectivity index (χ3v) is 3.33. The molecule has 0 saturated carbocycles. The lowest BCUT2D eigenvalue weighted by Crippen LogP contribution is -2.39. The summed E-state index contributed by atoms with van der Waals surface area (Å²) in [5.41, 5.74) is 0. The molecule has 0 radical (unpaired) electrons. The van der Waals surface area contributed by atoms with Gasteiger partial charge in [-0.05, 0) is 38.6 Å². The minimum atomic E-state index is 0.939. The van der Waals surface area contributed by atoms with Crippen molar-refractivity contribution in [3.05, 3.63) is 0 Å². The zero-order valence-electron chi connectivity index (χ0n) is 7.01. The summed E-state index contributed by atoms with van der Waals surface area (Å²) in [4.78, 5) is 2.60. The fourth-order valence-corrected chi connectivity index (χ4v) is 2.68. The highest BCUT2D eigenvalue weighted by Crippen LogP contribution is 2.36. The molecule has 2 unspecified atom stereocenters. The molecule has 0 aromatic carbocycles. The van der Waals surface area contributed by atoms with Crippen molar-refractivity contribution in [3.8, 4) is 0 Å². The van der Waals surface area contributed by atoms with Crippen molar-refractivity contribution in [2.45, 2.75) is 44.7 Å². The molecule has 58 valence electrons. The van der Waals surface area contributed by atoms with E-state index in [-0.39, 0.29) is 0 Å². The zero-order valence-corrected chi connectivity index (χ0v) is 7.01. The van der Waals surface area contributed by atoms with Gasteiger partial charge in [0.25, 0.3) is 0 Å². The van der Waals surface area contributed by atoms with Crippen molar-refractivity contribution < 1.29 is 0 Å².